The average molecular weight is 231 g/mol. The molecule has 0 bridgehead atoms. The van der Waals surface area contributed by atoms with E-state index in [1.54, 1.807) is 0 Å². The third-order valence-electron chi connectivity index (χ3n) is 1.79. The Hall–Kier alpha value is -1.54. The molecule has 0 aliphatic heterocycles. The quantitative estimate of drug-likeness (QED) is 0.583. The molecule has 0 saturated heterocycles. The van der Waals surface area contributed by atoms with Crippen molar-refractivity contribution >= 4 is 0 Å². The van der Waals surface area contributed by atoms with Crippen molar-refractivity contribution in [3.63, 3.8) is 0 Å². The third kappa shape index (κ3) is 3.24. The molecule has 1 nitrogen and oxygen atoms in total. The Morgan fingerprint density at radius 1 is 1.25 bits per heavy atom. The lowest BCUT2D eigenvalue weighted by Gasteiger charge is -2.06. The number of benzene rings is 1. The SMILES string of the molecule is NCCC#Cc1ccc(C(F)(F)F)cc1F. The van der Waals surface area contributed by atoms with Gasteiger partial charge in [0.15, 0.2) is 0 Å². The van der Waals surface area contributed by atoms with Crippen LogP contribution in [0.4, 0.5) is 17.6 Å². The third-order valence-corrected chi connectivity index (χ3v) is 1.79. The van der Waals surface area contributed by atoms with Crippen LogP contribution in [-0.4, -0.2) is 6.54 Å². The molecule has 0 spiro atoms. The molecule has 86 valence electrons. The molecule has 0 radical (unpaired) electrons. The summed E-state index contributed by atoms with van der Waals surface area (Å²) in [5.74, 6) is 4.00. The van der Waals surface area contributed by atoms with Gasteiger partial charge in [0.2, 0.25) is 0 Å². The molecule has 0 aromatic heterocycles. The van der Waals surface area contributed by atoms with Gasteiger partial charge in [-0.25, -0.2) is 4.39 Å². The molecule has 0 aliphatic carbocycles. The fourth-order valence-corrected chi connectivity index (χ4v) is 1.02. The van der Waals surface area contributed by atoms with Crippen LogP contribution in [0.5, 0.6) is 0 Å². The van der Waals surface area contributed by atoms with Gasteiger partial charge in [-0.15, -0.1) is 0 Å². The van der Waals surface area contributed by atoms with Crippen molar-refractivity contribution in [1.29, 1.82) is 0 Å². The second-order valence-electron chi connectivity index (χ2n) is 3.03. The van der Waals surface area contributed by atoms with Crippen LogP contribution in [0.2, 0.25) is 0 Å². The van der Waals surface area contributed by atoms with Gasteiger partial charge in [0, 0.05) is 13.0 Å². The molecule has 0 saturated carbocycles. The predicted molar refractivity (Wildman–Crippen MR) is 52.0 cm³/mol. The zero-order valence-corrected chi connectivity index (χ0v) is 8.24. The van der Waals surface area contributed by atoms with Crippen molar-refractivity contribution in [2.45, 2.75) is 12.6 Å². The van der Waals surface area contributed by atoms with Gasteiger partial charge in [0.1, 0.15) is 5.82 Å². The van der Waals surface area contributed by atoms with Gasteiger partial charge in [-0.05, 0) is 18.2 Å². The number of hydrogen-bond acceptors (Lipinski definition) is 1. The Kier molecular flexibility index (Phi) is 3.91. The van der Waals surface area contributed by atoms with E-state index in [9.17, 15) is 17.6 Å². The molecule has 0 fully saturated rings. The number of rotatable bonds is 1. The Balaban J connectivity index is 2.98. The monoisotopic (exact) mass is 231 g/mol. The van der Waals surface area contributed by atoms with E-state index in [4.69, 9.17) is 5.73 Å². The molecule has 2 N–H and O–H groups in total. The van der Waals surface area contributed by atoms with Crippen LogP contribution in [0.1, 0.15) is 17.5 Å². The summed E-state index contributed by atoms with van der Waals surface area (Å²) in [5, 5.41) is 0. The lowest BCUT2D eigenvalue weighted by atomic mass is 10.1. The highest BCUT2D eigenvalue weighted by Crippen LogP contribution is 2.29. The Labute approximate surface area is 90.3 Å². The fraction of sp³-hybridized carbons (Fsp3) is 0.273. The van der Waals surface area contributed by atoms with E-state index in [1.165, 1.54) is 0 Å². The van der Waals surface area contributed by atoms with E-state index in [-0.39, 0.29) is 5.56 Å². The van der Waals surface area contributed by atoms with Crippen LogP contribution in [0.3, 0.4) is 0 Å². The second-order valence-corrected chi connectivity index (χ2v) is 3.03. The first kappa shape index (κ1) is 12.5. The molecule has 16 heavy (non-hydrogen) atoms. The smallest absolute Gasteiger partial charge is 0.330 e. The maximum atomic E-state index is 13.2. The standard InChI is InChI=1S/C11H9F4N/c12-10-7-9(11(13,14)15)5-4-8(10)3-1-2-6-16/h4-5,7H,2,6,16H2. The zero-order valence-electron chi connectivity index (χ0n) is 8.24. The summed E-state index contributed by atoms with van der Waals surface area (Å²) in [4.78, 5) is 0. The molecule has 0 unspecified atom stereocenters. The van der Waals surface area contributed by atoms with E-state index < -0.39 is 17.6 Å². The van der Waals surface area contributed by atoms with Gasteiger partial charge in [0.25, 0.3) is 0 Å². The van der Waals surface area contributed by atoms with Gasteiger partial charge in [-0.3, -0.25) is 0 Å². The van der Waals surface area contributed by atoms with E-state index in [0.717, 1.165) is 12.1 Å². The Morgan fingerprint density at radius 3 is 2.44 bits per heavy atom. The van der Waals surface area contributed by atoms with Crippen LogP contribution in [0.15, 0.2) is 18.2 Å². The molecule has 1 aromatic rings. The highest BCUT2D eigenvalue weighted by molar-refractivity contribution is 5.38. The van der Waals surface area contributed by atoms with Crippen molar-refractivity contribution in [2.75, 3.05) is 6.54 Å². The molecule has 5 heteroatoms. The number of hydrogen-bond donors (Lipinski definition) is 1. The summed E-state index contributed by atoms with van der Waals surface area (Å²) in [6.07, 6.45) is -4.16. The zero-order chi connectivity index (χ0) is 12.2. The van der Waals surface area contributed by atoms with Crippen LogP contribution in [0.25, 0.3) is 0 Å². The first-order chi connectivity index (χ1) is 7.45. The van der Waals surface area contributed by atoms with Crippen LogP contribution in [0, 0.1) is 17.7 Å². The van der Waals surface area contributed by atoms with Crippen LogP contribution >= 0.6 is 0 Å². The van der Waals surface area contributed by atoms with Crippen LogP contribution < -0.4 is 5.73 Å². The Bertz CT molecular complexity index is 426. The summed E-state index contributed by atoms with van der Waals surface area (Å²) in [6, 6.07) is 2.25. The molecule has 1 aromatic carbocycles. The fourth-order valence-electron chi connectivity index (χ4n) is 1.02. The lowest BCUT2D eigenvalue weighted by Crippen LogP contribution is -2.05. The molecule has 0 amide bonds. The minimum Gasteiger partial charge on any atom is -0.330 e. The molecular weight excluding hydrogens is 222 g/mol. The minimum atomic E-state index is -4.54. The van der Waals surface area contributed by atoms with E-state index in [1.807, 2.05) is 0 Å². The summed E-state index contributed by atoms with van der Waals surface area (Å²) in [5.41, 5.74) is 4.09. The topological polar surface area (TPSA) is 26.0 Å². The largest absolute Gasteiger partial charge is 0.416 e. The lowest BCUT2D eigenvalue weighted by molar-refractivity contribution is -0.137. The van der Waals surface area contributed by atoms with E-state index >= 15 is 0 Å². The summed E-state index contributed by atoms with van der Waals surface area (Å²) in [7, 11) is 0. The van der Waals surface area contributed by atoms with E-state index in [0.29, 0.717) is 19.0 Å². The summed E-state index contributed by atoms with van der Waals surface area (Å²) >= 11 is 0. The molecule has 1 rings (SSSR count). The minimum absolute atomic E-state index is 0.0542. The van der Waals surface area contributed by atoms with Crippen molar-refractivity contribution in [1.82, 2.24) is 0 Å². The van der Waals surface area contributed by atoms with Gasteiger partial charge in [-0.2, -0.15) is 13.2 Å². The average Bonchev–Trinajstić information content (AvgIpc) is 2.19. The maximum absolute atomic E-state index is 13.2. The maximum Gasteiger partial charge on any atom is 0.416 e. The highest BCUT2D eigenvalue weighted by atomic mass is 19.4. The number of halogens is 4. The molecular formula is C11H9F4N. The van der Waals surface area contributed by atoms with Gasteiger partial charge >= 0.3 is 6.18 Å². The highest BCUT2D eigenvalue weighted by Gasteiger charge is 2.30. The van der Waals surface area contributed by atoms with E-state index in [2.05, 4.69) is 11.8 Å². The summed E-state index contributed by atoms with van der Waals surface area (Å²) in [6.45, 7) is 0.329. The predicted octanol–water partition coefficient (Wildman–Crippen LogP) is 2.54. The summed E-state index contributed by atoms with van der Waals surface area (Å²) < 4.78 is 49.7. The van der Waals surface area contributed by atoms with Gasteiger partial charge in [-0.1, -0.05) is 11.8 Å². The number of nitrogens with two attached hydrogens (primary N) is 1. The molecule has 0 heterocycles. The van der Waals surface area contributed by atoms with Gasteiger partial charge < -0.3 is 5.73 Å². The second kappa shape index (κ2) is 4.99. The van der Waals surface area contributed by atoms with Crippen molar-refractivity contribution in [3.05, 3.63) is 35.1 Å². The molecule has 0 aliphatic rings. The molecule has 0 atom stereocenters. The first-order valence-corrected chi connectivity index (χ1v) is 4.51. The van der Waals surface area contributed by atoms with Crippen molar-refractivity contribution in [2.24, 2.45) is 5.73 Å². The first-order valence-electron chi connectivity index (χ1n) is 4.51. The normalized spacial score (nSPS) is 10.8. The van der Waals surface area contributed by atoms with Gasteiger partial charge in [0.05, 0.1) is 11.1 Å². The van der Waals surface area contributed by atoms with Crippen molar-refractivity contribution in [3.8, 4) is 11.8 Å². The Morgan fingerprint density at radius 2 is 1.94 bits per heavy atom. The van der Waals surface area contributed by atoms with Crippen LogP contribution in [-0.2, 0) is 6.18 Å². The number of alkyl halides is 3. The van der Waals surface area contributed by atoms with Crippen molar-refractivity contribution < 1.29 is 17.6 Å².